The van der Waals surface area contributed by atoms with Crippen LogP contribution in [0.15, 0.2) is 4.99 Å². The Labute approximate surface area is 41.4 Å². The van der Waals surface area contributed by atoms with Crippen LogP contribution in [-0.4, -0.2) is 25.2 Å². The molecule has 1 heterocycles. The van der Waals surface area contributed by atoms with Crippen LogP contribution in [0.3, 0.4) is 0 Å². The fraction of sp³-hybridized carbons (Fsp3) is 0.500. The van der Waals surface area contributed by atoms with Gasteiger partial charge in [-0.3, -0.25) is 9.79 Å². The number of rotatable bonds is 1. The lowest BCUT2D eigenvalue weighted by Gasteiger charge is -2.20. The van der Waals surface area contributed by atoms with E-state index in [4.69, 9.17) is 0 Å². The highest BCUT2D eigenvalue weighted by molar-refractivity contribution is 5.88. The van der Waals surface area contributed by atoms with Gasteiger partial charge in [0.2, 0.25) is 5.91 Å². The second-order valence-electron chi connectivity index (χ2n) is 1.44. The molecule has 38 valence electrons. The summed E-state index contributed by atoms with van der Waals surface area (Å²) in [6.07, 6.45) is 0. The first-order valence-electron chi connectivity index (χ1n) is 2.08. The van der Waals surface area contributed by atoms with Gasteiger partial charge >= 0.3 is 0 Å². The molecule has 1 fully saturated rings. The number of aliphatic imine (C=N–C) groups is 1. The predicted octanol–water partition coefficient (Wildman–Crippen LogP) is -0.815. The fourth-order valence-electron chi connectivity index (χ4n) is 0.424. The maximum Gasteiger partial charge on any atom is 0.246 e. The van der Waals surface area contributed by atoms with Gasteiger partial charge in [-0.15, -0.1) is 0 Å². The lowest BCUT2D eigenvalue weighted by atomic mass is 10.2. The summed E-state index contributed by atoms with van der Waals surface area (Å²) in [6.45, 7) is 3.89. The van der Waals surface area contributed by atoms with E-state index in [2.05, 4.69) is 17.0 Å². The van der Waals surface area contributed by atoms with Gasteiger partial charge in [-0.25, -0.2) is 0 Å². The van der Waals surface area contributed by atoms with Gasteiger partial charge in [0, 0.05) is 6.54 Å². The topological polar surface area (TPSA) is 41.5 Å². The smallest absolute Gasteiger partial charge is 0.246 e. The first-order chi connectivity index (χ1) is 3.34. The minimum atomic E-state index is -0.153. The maximum atomic E-state index is 10.2. The van der Waals surface area contributed by atoms with Crippen LogP contribution in [0.4, 0.5) is 0 Å². The molecule has 0 saturated carbocycles. The third kappa shape index (κ3) is 0.493. The maximum absolute atomic E-state index is 10.2. The highest BCUT2D eigenvalue weighted by atomic mass is 16.2. The quantitative estimate of drug-likeness (QED) is 0.338. The van der Waals surface area contributed by atoms with E-state index in [9.17, 15) is 4.79 Å². The first kappa shape index (κ1) is 4.30. The number of carbonyl (C=O) groups excluding carboxylic acids is 1. The van der Waals surface area contributed by atoms with E-state index in [-0.39, 0.29) is 11.9 Å². The molecule has 1 amide bonds. The average Bonchev–Trinajstić information content (AvgIpc) is 1.65. The van der Waals surface area contributed by atoms with Crippen LogP contribution in [0.1, 0.15) is 0 Å². The Bertz CT molecular complexity index is 110. The SMILES string of the molecule is C=NC1CNC1=O. The van der Waals surface area contributed by atoms with E-state index in [1.165, 1.54) is 0 Å². The molecule has 1 rings (SSSR count). The van der Waals surface area contributed by atoms with Crippen molar-refractivity contribution in [3.63, 3.8) is 0 Å². The van der Waals surface area contributed by atoms with Crippen molar-refractivity contribution >= 4 is 12.6 Å². The van der Waals surface area contributed by atoms with Gasteiger partial charge in [0.05, 0.1) is 0 Å². The molecule has 7 heavy (non-hydrogen) atoms. The zero-order chi connectivity index (χ0) is 5.28. The van der Waals surface area contributed by atoms with E-state index < -0.39 is 0 Å². The van der Waals surface area contributed by atoms with E-state index in [0.29, 0.717) is 6.54 Å². The molecule has 0 aromatic carbocycles. The fourth-order valence-corrected chi connectivity index (χ4v) is 0.424. The Balaban J connectivity index is 2.43. The zero-order valence-electron chi connectivity index (χ0n) is 3.85. The standard InChI is InChI=1S/C4H6N2O/c1-5-3-2-6-4(3)7/h3H,1-2H2,(H,6,7). The molecule has 1 saturated heterocycles. The lowest BCUT2D eigenvalue weighted by molar-refractivity contribution is -0.127. The second-order valence-corrected chi connectivity index (χ2v) is 1.44. The average molecular weight is 98.1 g/mol. The number of carbonyl (C=O) groups is 1. The zero-order valence-corrected chi connectivity index (χ0v) is 3.85. The Morgan fingerprint density at radius 2 is 2.71 bits per heavy atom. The van der Waals surface area contributed by atoms with Crippen LogP contribution in [0.25, 0.3) is 0 Å². The third-order valence-corrected chi connectivity index (χ3v) is 0.993. The van der Waals surface area contributed by atoms with Gasteiger partial charge in [0.15, 0.2) is 0 Å². The largest absolute Gasteiger partial charge is 0.351 e. The Morgan fingerprint density at radius 3 is 2.71 bits per heavy atom. The Morgan fingerprint density at radius 1 is 2.00 bits per heavy atom. The van der Waals surface area contributed by atoms with E-state index in [1.54, 1.807) is 0 Å². The van der Waals surface area contributed by atoms with Crippen LogP contribution in [0, 0.1) is 0 Å². The van der Waals surface area contributed by atoms with Gasteiger partial charge in [-0.2, -0.15) is 0 Å². The number of amides is 1. The molecule has 1 atom stereocenters. The van der Waals surface area contributed by atoms with Gasteiger partial charge in [0.25, 0.3) is 0 Å². The van der Waals surface area contributed by atoms with Gasteiger partial charge in [-0.1, -0.05) is 0 Å². The van der Waals surface area contributed by atoms with Gasteiger partial charge in [-0.05, 0) is 6.72 Å². The summed E-state index contributed by atoms with van der Waals surface area (Å²) in [5.74, 6) is -0.00463. The number of nitrogens with zero attached hydrogens (tertiary/aromatic N) is 1. The molecular weight excluding hydrogens is 92.1 g/mol. The van der Waals surface area contributed by atoms with Crippen molar-refractivity contribution in [3.05, 3.63) is 0 Å². The molecule has 0 bridgehead atoms. The molecule has 3 nitrogen and oxygen atoms in total. The van der Waals surface area contributed by atoms with Crippen LogP contribution in [0.2, 0.25) is 0 Å². The summed E-state index contributed by atoms with van der Waals surface area (Å²) >= 11 is 0. The highest BCUT2D eigenvalue weighted by Crippen LogP contribution is 1.96. The number of β-lactam (4-membered cyclic amide) rings is 1. The van der Waals surface area contributed by atoms with Crippen molar-refractivity contribution in [1.82, 2.24) is 5.32 Å². The summed E-state index contributed by atoms with van der Waals surface area (Å²) < 4.78 is 0. The highest BCUT2D eigenvalue weighted by Gasteiger charge is 2.24. The van der Waals surface area contributed by atoms with E-state index >= 15 is 0 Å². The normalized spacial score (nSPS) is 28.0. The van der Waals surface area contributed by atoms with Crippen molar-refractivity contribution in [2.45, 2.75) is 6.04 Å². The summed E-state index contributed by atoms with van der Waals surface area (Å²) in [4.78, 5) is 13.7. The van der Waals surface area contributed by atoms with Crippen molar-refractivity contribution < 1.29 is 4.79 Å². The minimum absolute atomic E-state index is 0.00463. The van der Waals surface area contributed by atoms with Crippen LogP contribution < -0.4 is 5.32 Å². The molecule has 0 aliphatic carbocycles. The number of hydrogen-bond donors (Lipinski definition) is 1. The molecule has 1 unspecified atom stereocenters. The van der Waals surface area contributed by atoms with Crippen molar-refractivity contribution in [1.29, 1.82) is 0 Å². The number of nitrogens with one attached hydrogen (secondary N) is 1. The van der Waals surface area contributed by atoms with Crippen molar-refractivity contribution in [2.75, 3.05) is 6.54 Å². The molecule has 0 aromatic heterocycles. The molecule has 1 aliphatic heterocycles. The summed E-state index contributed by atoms with van der Waals surface area (Å²) in [5.41, 5.74) is 0. The van der Waals surface area contributed by atoms with E-state index in [1.807, 2.05) is 0 Å². The van der Waals surface area contributed by atoms with Crippen molar-refractivity contribution in [2.24, 2.45) is 4.99 Å². The van der Waals surface area contributed by atoms with Crippen LogP contribution >= 0.6 is 0 Å². The minimum Gasteiger partial charge on any atom is -0.351 e. The molecule has 0 radical (unpaired) electrons. The Hall–Kier alpha value is -0.860. The van der Waals surface area contributed by atoms with Crippen LogP contribution in [-0.2, 0) is 4.79 Å². The second kappa shape index (κ2) is 1.33. The van der Waals surface area contributed by atoms with E-state index in [0.717, 1.165) is 0 Å². The molecule has 1 aliphatic rings. The van der Waals surface area contributed by atoms with Gasteiger partial charge < -0.3 is 5.32 Å². The van der Waals surface area contributed by atoms with Gasteiger partial charge in [0.1, 0.15) is 6.04 Å². The third-order valence-electron chi connectivity index (χ3n) is 0.993. The van der Waals surface area contributed by atoms with Crippen molar-refractivity contribution in [3.8, 4) is 0 Å². The lowest BCUT2D eigenvalue weighted by Crippen LogP contribution is -2.51. The first-order valence-corrected chi connectivity index (χ1v) is 2.08. The molecule has 1 N–H and O–H groups in total. The predicted molar refractivity (Wildman–Crippen MR) is 26.3 cm³/mol. The number of hydrogen-bond acceptors (Lipinski definition) is 2. The summed E-state index contributed by atoms with van der Waals surface area (Å²) in [7, 11) is 0. The monoisotopic (exact) mass is 98.0 g/mol. The summed E-state index contributed by atoms with van der Waals surface area (Å²) in [6, 6.07) is -0.153. The summed E-state index contributed by atoms with van der Waals surface area (Å²) in [5, 5.41) is 2.54. The molecular formula is C4H6N2O. The van der Waals surface area contributed by atoms with Crippen LogP contribution in [0.5, 0.6) is 0 Å². The molecule has 0 spiro atoms. The Kier molecular flexibility index (Phi) is 0.817. The molecule has 3 heteroatoms. The molecule has 0 aromatic rings.